The maximum atomic E-state index is 13.3. The van der Waals surface area contributed by atoms with Crippen LogP contribution in [0, 0.1) is 18.6 Å². The van der Waals surface area contributed by atoms with Crippen LogP contribution in [-0.2, 0) is 21.3 Å². The third-order valence-corrected chi connectivity index (χ3v) is 3.67. The minimum atomic E-state index is -1.51. The molecule has 1 atom stereocenters. The zero-order valence-electron chi connectivity index (χ0n) is 11.1. The number of nitrogens with zero attached hydrogens (tertiary/aromatic N) is 1. The second-order valence-corrected chi connectivity index (χ2v) is 5.79. The van der Waals surface area contributed by atoms with Gasteiger partial charge in [0.15, 0.2) is 0 Å². The van der Waals surface area contributed by atoms with Crippen molar-refractivity contribution in [3.05, 3.63) is 47.4 Å². The Morgan fingerprint density at radius 2 is 2.14 bits per heavy atom. The van der Waals surface area contributed by atoms with Crippen LogP contribution in [0.15, 0.2) is 28.8 Å². The van der Waals surface area contributed by atoms with Gasteiger partial charge in [0.05, 0.1) is 17.1 Å². The van der Waals surface area contributed by atoms with Crippen molar-refractivity contribution >= 4 is 22.4 Å². The molecule has 0 aliphatic rings. The molecule has 21 heavy (non-hydrogen) atoms. The van der Waals surface area contributed by atoms with Gasteiger partial charge in [0.2, 0.25) is 5.91 Å². The van der Waals surface area contributed by atoms with Gasteiger partial charge >= 0.3 is 0 Å². The number of amides is 1. The highest BCUT2D eigenvalue weighted by Gasteiger charge is 2.13. The van der Waals surface area contributed by atoms with Crippen molar-refractivity contribution in [3.8, 4) is 0 Å². The molecule has 0 spiro atoms. The zero-order valence-corrected chi connectivity index (χ0v) is 11.9. The number of hydrogen-bond donors (Lipinski definition) is 1. The van der Waals surface area contributed by atoms with Crippen LogP contribution >= 0.6 is 0 Å². The Hall–Kier alpha value is -2.09. The number of aromatic nitrogens is 1. The van der Waals surface area contributed by atoms with E-state index < -0.39 is 28.3 Å². The van der Waals surface area contributed by atoms with Gasteiger partial charge in [-0.15, -0.1) is 0 Å². The summed E-state index contributed by atoms with van der Waals surface area (Å²) < 4.78 is 42.7. The summed E-state index contributed by atoms with van der Waals surface area (Å²) in [5, 5.41) is 5.88. The fourth-order valence-corrected chi connectivity index (χ4v) is 2.54. The monoisotopic (exact) mass is 314 g/mol. The molecule has 1 N–H and O–H groups in total. The molecule has 0 saturated carbocycles. The molecule has 112 valence electrons. The summed E-state index contributed by atoms with van der Waals surface area (Å²) >= 11 is 0. The van der Waals surface area contributed by atoms with Crippen molar-refractivity contribution in [1.82, 2.24) is 5.16 Å². The van der Waals surface area contributed by atoms with Crippen molar-refractivity contribution in [2.24, 2.45) is 0 Å². The molecular weight excluding hydrogens is 302 g/mol. The van der Waals surface area contributed by atoms with Crippen LogP contribution in [0.25, 0.3) is 0 Å². The van der Waals surface area contributed by atoms with E-state index in [0.717, 1.165) is 12.1 Å². The van der Waals surface area contributed by atoms with Gasteiger partial charge in [-0.25, -0.2) is 8.78 Å². The van der Waals surface area contributed by atoms with Gasteiger partial charge in [-0.3, -0.25) is 9.00 Å². The summed E-state index contributed by atoms with van der Waals surface area (Å²) in [5.74, 6) is -2.13. The average molecular weight is 314 g/mol. The van der Waals surface area contributed by atoms with E-state index in [4.69, 9.17) is 4.52 Å². The van der Waals surface area contributed by atoms with Crippen molar-refractivity contribution in [2.75, 3.05) is 11.1 Å². The van der Waals surface area contributed by atoms with Crippen LogP contribution in [0.2, 0.25) is 0 Å². The number of aryl methyl sites for hydroxylation is 1. The molecule has 1 aromatic carbocycles. The van der Waals surface area contributed by atoms with Crippen LogP contribution < -0.4 is 5.32 Å². The number of anilines is 1. The smallest absolute Gasteiger partial charge is 0.237 e. The molecule has 0 bridgehead atoms. The van der Waals surface area contributed by atoms with Gasteiger partial charge in [0, 0.05) is 22.9 Å². The van der Waals surface area contributed by atoms with Crippen LogP contribution in [0.5, 0.6) is 0 Å². The lowest BCUT2D eigenvalue weighted by Gasteiger charge is -2.05. The van der Waals surface area contributed by atoms with Crippen LogP contribution in [0.3, 0.4) is 0 Å². The molecule has 0 aliphatic carbocycles. The molecule has 1 unspecified atom stereocenters. The normalized spacial score (nSPS) is 12.1. The number of carbonyl (C=O) groups excluding carboxylic acids is 1. The standard InChI is InChI=1S/C13H12F2N2O3S/c1-8-4-10(20-17-8)6-21(19)7-13(18)16-12-3-2-9(14)5-11(12)15/h2-5H,6-7H2,1H3,(H,16,18). The van der Waals surface area contributed by atoms with E-state index in [1.807, 2.05) is 0 Å². The first-order valence-corrected chi connectivity index (χ1v) is 7.45. The molecule has 0 aliphatic heterocycles. The van der Waals surface area contributed by atoms with Crippen LogP contribution in [0.4, 0.5) is 14.5 Å². The Labute approximate surface area is 121 Å². The predicted molar refractivity (Wildman–Crippen MR) is 72.9 cm³/mol. The maximum absolute atomic E-state index is 13.3. The van der Waals surface area contributed by atoms with Crippen LogP contribution in [0.1, 0.15) is 11.5 Å². The van der Waals surface area contributed by atoms with Gasteiger partial charge in [0.25, 0.3) is 0 Å². The largest absolute Gasteiger partial charge is 0.360 e. The number of benzene rings is 1. The second kappa shape index (κ2) is 6.57. The minimum Gasteiger partial charge on any atom is -0.360 e. The number of nitrogens with one attached hydrogen (secondary N) is 1. The van der Waals surface area contributed by atoms with Crippen molar-refractivity contribution in [3.63, 3.8) is 0 Å². The van der Waals surface area contributed by atoms with E-state index in [-0.39, 0.29) is 17.2 Å². The first kappa shape index (κ1) is 15.3. The Bertz CT molecular complexity index is 688. The Balaban J connectivity index is 1.90. The molecule has 0 fully saturated rings. The fraction of sp³-hybridized carbons (Fsp3) is 0.231. The lowest BCUT2D eigenvalue weighted by atomic mass is 10.3. The molecule has 0 radical (unpaired) electrons. The van der Waals surface area contributed by atoms with E-state index >= 15 is 0 Å². The van der Waals surface area contributed by atoms with Gasteiger partial charge in [0.1, 0.15) is 23.1 Å². The van der Waals surface area contributed by atoms with Crippen molar-refractivity contribution in [1.29, 1.82) is 0 Å². The second-order valence-electron chi connectivity index (χ2n) is 4.34. The first-order chi connectivity index (χ1) is 9.94. The lowest BCUT2D eigenvalue weighted by molar-refractivity contribution is -0.113. The lowest BCUT2D eigenvalue weighted by Crippen LogP contribution is -2.20. The highest BCUT2D eigenvalue weighted by atomic mass is 32.2. The molecule has 2 rings (SSSR count). The van der Waals surface area contributed by atoms with Gasteiger partial charge in [-0.2, -0.15) is 0 Å². The van der Waals surface area contributed by atoms with E-state index in [0.29, 0.717) is 17.5 Å². The Morgan fingerprint density at radius 1 is 1.38 bits per heavy atom. The molecular formula is C13H12F2N2O3S. The topological polar surface area (TPSA) is 72.2 Å². The third kappa shape index (κ3) is 4.45. The fourth-order valence-electron chi connectivity index (χ4n) is 1.62. The van der Waals surface area contributed by atoms with Gasteiger partial charge in [-0.05, 0) is 19.1 Å². The number of rotatable bonds is 5. The SMILES string of the molecule is Cc1cc(CS(=O)CC(=O)Nc2ccc(F)cc2F)on1. The number of hydrogen-bond acceptors (Lipinski definition) is 4. The zero-order chi connectivity index (χ0) is 15.4. The van der Waals surface area contributed by atoms with E-state index in [9.17, 15) is 17.8 Å². The van der Waals surface area contributed by atoms with E-state index in [2.05, 4.69) is 10.5 Å². The summed E-state index contributed by atoms with van der Waals surface area (Å²) in [5.41, 5.74) is 0.494. The minimum absolute atomic E-state index is 0.0418. The first-order valence-electron chi connectivity index (χ1n) is 5.96. The van der Waals surface area contributed by atoms with Crippen molar-refractivity contribution in [2.45, 2.75) is 12.7 Å². The van der Waals surface area contributed by atoms with Crippen molar-refractivity contribution < 1.29 is 22.3 Å². The summed E-state index contributed by atoms with van der Waals surface area (Å²) in [4.78, 5) is 11.6. The summed E-state index contributed by atoms with van der Waals surface area (Å²) in [6.45, 7) is 1.72. The molecule has 1 heterocycles. The molecule has 1 aromatic heterocycles. The third-order valence-electron chi connectivity index (χ3n) is 2.48. The average Bonchev–Trinajstić information content (AvgIpc) is 2.78. The summed E-state index contributed by atoms with van der Waals surface area (Å²) in [6, 6.07) is 4.40. The highest BCUT2D eigenvalue weighted by molar-refractivity contribution is 7.84. The predicted octanol–water partition coefficient (Wildman–Crippen LogP) is 2.15. The quantitative estimate of drug-likeness (QED) is 0.918. The Morgan fingerprint density at radius 3 is 2.76 bits per heavy atom. The summed E-state index contributed by atoms with van der Waals surface area (Å²) in [6.07, 6.45) is 0. The van der Waals surface area contributed by atoms with E-state index in [1.54, 1.807) is 13.0 Å². The maximum Gasteiger partial charge on any atom is 0.237 e. The molecule has 8 heteroatoms. The number of halogens is 2. The van der Waals surface area contributed by atoms with Crippen LogP contribution in [-0.4, -0.2) is 21.0 Å². The number of carbonyl (C=O) groups is 1. The Kier molecular flexibility index (Phi) is 4.79. The molecule has 1 amide bonds. The van der Waals surface area contributed by atoms with Gasteiger partial charge in [-0.1, -0.05) is 5.16 Å². The molecule has 5 nitrogen and oxygen atoms in total. The van der Waals surface area contributed by atoms with Gasteiger partial charge < -0.3 is 9.84 Å². The summed E-state index contributed by atoms with van der Waals surface area (Å²) in [7, 11) is -1.51. The van der Waals surface area contributed by atoms with E-state index in [1.165, 1.54) is 0 Å². The molecule has 2 aromatic rings. The molecule has 0 saturated heterocycles. The highest BCUT2D eigenvalue weighted by Crippen LogP contribution is 2.15.